The van der Waals surface area contributed by atoms with Crippen molar-refractivity contribution in [3.63, 3.8) is 0 Å². The molecule has 0 bridgehead atoms. The maximum absolute atomic E-state index is 12.3. The highest BCUT2D eigenvalue weighted by Gasteiger charge is 2.16. The van der Waals surface area contributed by atoms with E-state index >= 15 is 0 Å². The first-order chi connectivity index (χ1) is 14.0. The molecule has 0 atom stereocenters. The van der Waals surface area contributed by atoms with E-state index in [2.05, 4.69) is 14.7 Å². The zero-order valence-electron chi connectivity index (χ0n) is 16.3. The quantitative estimate of drug-likeness (QED) is 0.317. The van der Waals surface area contributed by atoms with Gasteiger partial charge in [-0.05, 0) is 43.0 Å². The lowest BCUT2D eigenvalue weighted by Crippen LogP contribution is -2.08. The zero-order chi connectivity index (χ0) is 20.8. The van der Waals surface area contributed by atoms with Gasteiger partial charge in [0.2, 0.25) is 5.82 Å². The van der Waals surface area contributed by atoms with Gasteiger partial charge in [0.1, 0.15) is 11.6 Å². The number of esters is 1. The van der Waals surface area contributed by atoms with E-state index in [0.717, 1.165) is 21.8 Å². The largest absolute Gasteiger partial charge is 0.451 e. The molecule has 0 spiro atoms. The predicted octanol–water partition coefficient (Wildman–Crippen LogP) is 3.51. The number of nitriles is 1. The van der Waals surface area contributed by atoms with Crippen LogP contribution in [-0.4, -0.2) is 34.4 Å². The molecule has 0 aliphatic rings. The molecule has 3 aromatic heterocycles. The average Bonchev–Trinajstić information content (AvgIpc) is 3.45. The summed E-state index contributed by atoms with van der Waals surface area (Å²) in [5.41, 5.74) is 2.64. The minimum atomic E-state index is -0.745. The van der Waals surface area contributed by atoms with E-state index < -0.39 is 5.97 Å². The van der Waals surface area contributed by atoms with E-state index in [4.69, 9.17) is 14.0 Å². The summed E-state index contributed by atoms with van der Waals surface area (Å²) >= 11 is 1.48. The number of aryl methyl sites for hydroxylation is 1. The average molecular weight is 412 g/mol. The van der Waals surface area contributed by atoms with Crippen molar-refractivity contribution in [2.75, 3.05) is 13.7 Å². The third kappa shape index (κ3) is 4.80. The Bertz CT molecular complexity index is 1060. The molecular weight excluding hydrogens is 392 g/mol. The maximum Gasteiger partial charge on any atom is 0.349 e. The molecule has 150 valence electrons. The number of hydrogen-bond donors (Lipinski definition) is 0. The molecule has 0 aliphatic carbocycles. The highest BCUT2D eigenvalue weighted by molar-refractivity contribution is 7.13. The van der Waals surface area contributed by atoms with Crippen LogP contribution in [0.1, 0.15) is 22.8 Å². The van der Waals surface area contributed by atoms with Gasteiger partial charge in [0, 0.05) is 25.0 Å². The van der Waals surface area contributed by atoms with E-state index in [1.165, 1.54) is 17.4 Å². The summed E-state index contributed by atoms with van der Waals surface area (Å²) in [6.07, 6.45) is 1.53. The van der Waals surface area contributed by atoms with Gasteiger partial charge >= 0.3 is 5.97 Å². The Labute approximate surface area is 172 Å². The summed E-state index contributed by atoms with van der Waals surface area (Å²) in [6, 6.07) is 7.57. The summed E-state index contributed by atoms with van der Waals surface area (Å²) in [7, 11) is 1.64. The third-order valence-corrected chi connectivity index (χ3v) is 5.17. The van der Waals surface area contributed by atoms with Crippen molar-refractivity contribution >= 4 is 23.4 Å². The lowest BCUT2D eigenvalue weighted by Gasteiger charge is -2.08. The van der Waals surface area contributed by atoms with Crippen LogP contribution >= 0.6 is 11.3 Å². The van der Waals surface area contributed by atoms with Gasteiger partial charge < -0.3 is 18.6 Å². The molecule has 0 amide bonds. The van der Waals surface area contributed by atoms with Gasteiger partial charge in [-0.2, -0.15) is 10.2 Å². The van der Waals surface area contributed by atoms with Gasteiger partial charge in [-0.1, -0.05) is 11.2 Å². The van der Waals surface area contributed by atoms with Crippen molar-refractivity contribution in [2.24, 2.45) is 0 Å². The van der Waals surface area contributed by atoms with Gasteiger partial charge in [0.25, 0.3) is 5.89 Å². The smallest absolute Gasteiger partial charge is 0.349 e. The number of thiophene rings is 1. The molecule has 8 nitrogen and oxygen atoms in total. The Morgan fingerprint density at radius 1 is 1.45 bits per heavy atom. The van der Waals surface area contributed by atoms with Gasteiger partial charge in [0.15, 0.2) is 6.61 Å². The molecule has 3 aromatic rings. The van der Waals surface area contributed by atoms with E-state index in [-0.39, 0.29) is 18.1 Å². The highest BCUT2D eigenvalue weighted by Crippen LogP contribution is 2.22. The lowest BCUT2D eigenvalue weighted by molar-refractivity contribution is -0.140. The molecule has 29 heavy (non-hydrogen) atoms. The van der Waals surface area contributed by atoms with Crippen LogP contribution in [0.5, 0.6) is 0 Å². The number of methoxy groups -OCH3 is 1. The summed E-state index contributed by atoms with van der Waals surface area (Å²) in [5.74, 6) is -0.146. The maximum atomic E-state index is 12.3. The van der Waals surface area contributed by atoms with Crippen LogP contribution in [0.2, 0.25) is 0 Å². The normalized spacial score (nSPS) is 11.4. The van der Waals surface area contributed by atoms with Crippen LogP contribution in [-0.2, 0) is 27.4 Å². The summed E-state index contributed by atoms with van der Waals surface area (Å²) < 4.78 is 17.5. The Morgan fingerprint density at radius 3 is 2.97 bits per heavy atom. The first-order valence-electron chi connectivity index (χ1n) is 8.84. The van der Waals surface area contributed by atoms with Crippen LogP contribution in [0.3, 0.4) is 0 Å². The summed E-state index contributed by atoms with van der Waals surface area (Å²) in [6.45, 7) is 4.95. The second-order valence-corrected chi connectivity index (χ2v) is 7.15. The molecule has 0 saturated heterocycles. The molecule has 0 radical (unpaired) electrons. The molecule has 0 N–H and O–H groups in total. The number of aromatic nitrogens is 3. The second-order valence-electron chi connectivity index (χ2n) is 6.21. The van der Waals surface area contributed by atoms with Gasteiger partial charge in [-0.15, -0.1) is 11.3 Å². The monoisotopic (exact) mass is 412 g/mol. The Balaban J connectivity index is 1.69. The number of ether oxygens (including phenoxy) is 2. The fourth-order valence-electron chi connectivity index (χ4n) is 2.82. The predicted molar refractivity (Wildman–Crippen MR) is 107 cm³/mol. The SMILES string of the molecule is COCCn1c(C)cc(/C=C(\C#N)C(=O)OCc2nc(-c3cccs3)no2)c1C. The third-order valence-electron chi connectivity index (χ3n) is 4.31. The number of carbonyl (C=O) groups is 1. The highest BCUT2D eigenvalue weighted by atomic mass is 32.1. The first-order valence-corrected chi connectivity index (χ1v) is 9.72. The zero-order valence-corrected chi connectivity index (χ0v) is 17.2. The molecule has 9 heteroatoms. The van der Waals surface area contributed by atoms with E-state index in [1.807, 2.05) is 43.5 Å². The fourth-order valence-corrected chi connectivity index (χ4v) is 3.47. The van der Waals surface area contributed by atoms with Crippen LogP contribution in [0.25, 0.3) is 16.8 Å². The fraction of sp³-hybridized carbons (Fsp3) is 0.300. The molecular formula is C20H20N4O4S. The van der Waals surface area contributed by atoms with Gasteiger partial charge in [-0.3, -0.25) is 0 Å². The van der Waals surface area contributed by atoms with Crippen LogP contribution in [0.4, 0.5) is 0 Å². The summed E-state index contributed by atoms with van der Waals surface area (Å²) in [5, 5.41) is 15.2. The minimum Gasteiger partial charge on any atom is -0.451 e. The number of carbonyl (C=O) groups excluding carboxylic acids is 1. The van der Waals surface area contributed by atoms with Crippen LogP contribution in [0, 0.1) is 25.2 Å². The number of hydrogen-bond acceptors (Lipinski definition) is 8. The first kappa shape index (κ1) is 20.5. The second kappa shape index (κ2) is 9.32. The van der Waals surface area contributed by atoms with Crippen LogP contribution in [0.15, 0.2) is 33.7 Å². The van der Waals surface area contributed by atoms with E-state index in [9.17, 15) is 10.1 Å². The topological polar surface area (TPSA) is 103 Å². The van der Waals surface area contributed by atoms with Crippen molar-refractivity contribution in [3.05, 3.63) is 52.0 Å². The molecule has 0 fully saturated rings. The molecule has 3 rings (SSSR count). The van der Waals surface area contributed by atoms with Gasteiger partial charge in [0.05, 0.1) is 11.5 Å². The van der Waals surface area contributed by atoms with Crippen molar-refractivity contribution in [1.29, 1.82) is 5.26 Å². The van der Waals surface area contributed by atoms with E-state index in [1.54, 1.807) is 7.11 Å². The standard InChI is InChI=1S/C20H20N4O4S/c1-13-9-15(14(2)24(13)6-7-26-3)10-16(11-21)20(25)27-12-18-22-19(23-28-18)17-5-4-8-29-17/h4-5,8-10H,6-7,12H2,1-3H3/b16-10+. The Morgan fingerprint density at radius 2 is 2.28 bits per heavy atom. The number of rotatable bonds is 8. The molecule has 0 aromatic carbocycles. The Hall–Kier alpha value is -3.22. The Kier molecular flexibility index (Phi) is 6.59. The molecule has 3 heterocycles. The van der Waals surface area contributed by atoms with Crippen molar-refractivity contribution in [3.8, 4) is 16.8 Å². The minimum absolute atomic E-state index is 0.102. The lowest BCUT2D eigenvalue weighted by atomic mass is 10.1. The van der Waals surface area contributed by atoms with Crippen molar-refractivity contribution < 1.29 is 18.8 Å². The van der Waals surface area contributed by atoms with E-state index in [0.29, 0.717) is 19.0 Å². The number of nitrogens with zero attached hydrogens (tertiary/aromatic N) is 4. The van der Waals surface area contributed by atoms with Crippen molar-refractivity contribution in [2.45, 2.75) is 27.0 Å². The molecule has 0 saturated carbocycles. The van der Waals surface area contributed by atoms with Crippen LogP contribution < -0.4 is 0 Å². The van der Waals surface area contributed by atoms with Gasteiger partial charge in [-0.25, -0.2) is 4.79 Å². The molecule has 0 unspecified atom stereocenters. The van der Waals surface area contributed by atoms with Crippen molar-refractivity contribution in [1.82, 2.24) is 14.7 Å². The molecule has 0 aliphatic heterocycles. The summed E-state index contributed by atoms with van der Waals surface area (Å²) in [4.78, 5) is 17.4.